The minimum Gasteiger partial charge on any atom is -0.385 e. The standard InChI is InChI=1S/C5H8ClN3/c1-3-2-4(7)9-5(6)8-3/h2-3H,7H2,1H3,(H,8,9). The van der Waals surface area contributed by atoms with Crippen molar-refractivity contribution in [3.05, 3.63) is 11.9 Å². The van der Waals surface area contributed by atoms with Crippen molar-refractivity contribution >= 4 is 16.9 Å². The van der Waals surface area contributed by atoms with Gasteiger partial charge in [-0.05, 0) is 24.6 Å². The van der Waals surface area contributed by atoms with Crippen molar-refractivity contribution in [2.75, 3.05) is 0 Å². The molecule has 1 rings (SSSR count). The maximum absolute atomic E-state index is 5.52. The van der Waals surface area contributed by atoms with E-state index in [9.17, 15) is 0 Å². The Hall–Kier alpha value is -0.700. The first kappa shape index (κ1) is 6.42. The van der Waals surface area contributed by atoms with Crippen LogP contribution in [0.5, 0.6) is 0 Å². The lowest BCUT2D eigenvalue weighted by molar-refractivity contribution is 0.857. The molecule has 0 saturated carbocycles. The lowest BCUT2D eigenvalue weighted by Gasteiger charge is -2.12. The summed E-state index contributed by atoms with van der Waals surface area (Å²) in [4.78, 5) is 3.95. The fraction of sp³-hybridized carbons (Fsp3) is 0.400. The lowest BCUT2D eigenvalue weighted by Crippen LogP contribution is -2.29. The van der Waals surface area contributed by atoms with Gasteiger partial charge in [0.1, 0.15) is 5.82 Å². The van der Waals surface area contributed by atoms with E-state index < -0.39 is 0 Å². The van der Waals surface area contributed by atoms with Gasteiger partial charge in [-0.1, -0.05) is 0 Å². The smallest absolute Gasteiger partial charge is 0.197 e. The van der Waals surface area contributed by atoms with Gasteiger partial charge in [0.05, 0.1) is 6.04 Å². The average Bonchev–Trinajstić information content (AvgIpc) is 1.59. The van der Waals surface area contributed by atoms with Crippen LogP contribution in [-0.2, 0) is 0 Å². The predicted octanol–water partition coefficient (Wildman–Crippen LogP) is 0.373. The molecule has 1 heterocycles. The van der Waals surface area contributed by atoms with Crippen LogP contribution in [0.15, 0.2) is 16.9 Å². The molecule has 0 aromatic heterocycles. The Morgan fingerprint density at radius 3 is 3.00 bits per heavy atom. The number of nitrogens with two attached hydrogens (primary N) is 1. The molecule has 4 heteroatoms. The van der Waals surface area contributed by atoms with E-state index in [1.54, 1.807) is 6.08 Å². The van der Waals surface area contributed by atoms with E-state index in [1.165, 1.54) is 0 Å². The van der Waals surface area contributed by atoms with Crippen molar-refractivity contribution in [1.82, 2.24) is 5.32 Å². The molecule has 9 heavy (non-hydrogen) atoms. The minimum absolute atomic E-state index is 0.0961. The van der Waals surface area contributed by atoms with E-state index in [2.05, 4.69) is 10.3 Å². The SMILES string of the molecule is CC1C=C(N)NC(Cl)=N1. The Kier molecular flexibility index (Phi) is 1.62. The number of hydrogen-bond acceptors (Lipinski definition) is 3. The second-order valence-electron chi connectivity index (χ2n) is 1.91. The molecule has 0 amide bonds. The van der Waals surface area contributed by atoms with E-state index in [-0.39, 0.29) is 6.04 Å². The normalized spacial score (nSPS) is 26.2. The summed E-state index contributed by atoms with van der Waals surface area (Å²) in [5, 5.41) is 3.03. The predicted molar refractivity (Wildman–Crippen MR) is 38.2 cm³/mol. The third-order valence-electron chi connectivity index (χ3n) is 0.985. The van der Waals surface area contributed by atoms with Crippen molar-refractivity contribution in [2.45, 2.75) is 13.0 Å². The molecule has 50 valence electrons. The Labute approximate surface area is 58.6 Å². The van der Waals surface area contributed by atoms with Crippen LogP contribution in [0.3, 0.4) is 0 Å². The van der Waals surface area contributed by atoms with Gasteiger partial charge in [-0.2, -0.15) is 0 Å². The minimum atomic E-state index is 0.0961. The van der Waals surface area contributed by atoms with Crippen LogP contribution in [0.1, 0.15) is 6.92 Å². The largest absolute Gasteiger partial charge is 0.385 e. The monoisotopic (exact) mass is 145 g/mol. The first-order valence-electron chi connectivity index (χ1n) is 2.66. The van der Waals surface area contributed by atoms with Gasteiger partial charge in [-0.25, -0.2) is 0 Å². The Morgan fingerprint density at radius 2 is 2.56 bits per heavy atom. The van der Waals surface area contributed by atoms with Crippen LogP contribution in [0.2, 0.25) is 0 Å². The van der Waals surface area contributed by atoms with Crippen LogP contribution in [-0.4, -0.2) is 11.3 Å². The molecule has 0 saturated heterocycles. The number of nitrogens with zero attached hydrogens (tertiary/aromatic N) is 1. The molecule has 0 spiro atoms. The summed E-state index contributed by atoms with van der Waals surface area (Å²) in [5.41, 5.74) is 5.40. The molecule has 1 atom stereocenters. The van der Waals surface area contributed by atoms with Crippen molar-refractivity contribution in [2.24, 2.45) is 10.7 Å². The molecule has 1 aliphatic rings. The van der Waals surface area contributed by atoms with Crippen molar-refractivity contribution < 1.29 is 0 Å². The van der Waals surface area contributed by atoms with Gasteiger partial charge < -0.3 is 11.1 Å². The highest BCUT2D eigenvalue weighted by Gasteiger charge is 2.05. The Morgan fingerprint density at radius 1 is 1.89 bits per heavy atom. The summed E-state index contributed by atoms with van der Waals surface area (Å²) >= 11 is 5.52. The van der Waals surface area contributed by atoms with Gasteiger partial charge >= 0.3 is 0 Å². The molecule has 3 nitrogen and oxygen atoms in total. The van der Waals surface area contributed by atoms with Crippen LogP contribution in [0.4, 0.5) is 0 Å². The first-order chi connectivity index (χ1) is 4.18. The third-order valence-corrected chi connectivity index (χ3v) is 1.18. The summed E-state index contributed by atoms with van der Waals surface area (Å²) in [6.45, 7) is 1.91. The Balaban J connectivity index is 2.69. The molecule has 1 unspecified atom stereocenters. The average molecular weight is 146 g/mol. The molecular weight excluding hydrogens is 138 g/mol. The highest BCUT2D eigenvalue weighted by molar-refractivity contribution is 6.65. The molecule has 0 aliphatic carbocycles. The van der Waals surface area contributed by atoms with Crippen LogP contribution < -0.4 is 11.1 Å². The van der Waals surface area contributed by atoms with E-state index in [1.807, 2.05) is 6.92 Å². The molecule has 0 aromatic rings. The van der Waals surface area contributed by atoms with Gasteiger partial charge in [0.25, 0.3) is 0 Å². The summed E-state index contributed by atoms with van der Waals surface area (Å²) in [6, 6.07) is 0.0961. The van der Waals surface area contributed by atoms with Gasteiger partial charge in [-0.15, -0.1) is 0 Å². The number of halogens is 1. The molecule has 0 bridgehead atoms. The summed E-state index contributed by atoms with van der Waals surface area (Å²) in [7, 11) is 0. The fourth-order valence-corrected chi connectivity index (χ4v) is 0.932. The number of rotatable bonds is 0. The molecular formula is C5H8ClN3. The zero-order valence-corrected chi connectivity index (χ0v) is 5.81. The molecule has 0 fully saturated rings. The summed E-state index contributed by atoms with van der Waals surface area (Å²) in [5.74, 6) is 0.572. The van der Waals surface area contributed by atoms with Crippen LogP contribution in [0, 0.1) is 0 Å². The number of hydrogen-bond donors (Lipinski definition) is 2. The zero-order chi connectivity index (χ0) is 6.85. The highest BCUT2D eigenvalue weighted by atomic mass is 35.5. The van der Waals surface area contributed by atoms with E-state index in [4.69, 9.17) is 17.3 Å². The topological polar surface area (TPSA) is 50.4 Å². The zero-order valence-electron chi connectivity index (χ0n) is 5.06. The van der Waals surface area contributed by atoms with Crippen LogP contribution >= 0.6 is 11.6 Å². The number of aliphatic imine (C=N–C) groups is 1. The second-order valence-corrected chi connectivity index (χ2v) is 2.27. The Bertz CT molecular complexity index is 155. The van der Waals surface area contributed by atoms with Crippen molar-refractivity contribution in [3.8, 4) is 0 Å². The maximum Gasteiger partial charge on any atom is 0.197 e. The number of nitrogens with one attached hydrogen (secondary N) is 1. The molecule has 3 N–H and O–H groups in total. The van der Waals surface area contributed by atoms with E-state index in [0.717, 1.165) is 0 Å². The quantitative estimate of drug-likeness (QED) is 0.484. The highest BCUT2D eigenvalue weighted by Crippen LogP contribution is 2.01. The lowest BCUT2D eigenvalue weighted by atomic mass is 10.3. The summed E-state index contributed by atoms with van der Waals surface area (Å²) < 4.78 is 0. The second kappa shape index (κ2) is 2.27. The number of amidine groups is 1. The maximum atomic E-state index is 5.52. The third kappa shape index (κ3) is 1.61. The van der Waals surface area contributed by atoms with Gasteiger partial charge in [0.15, 0.2) is 5.29 Å². The van der Waals surface area contributed by atoms with Crippen molar-refractivity contribution in [3.63, 3.8) is 0 Å². The van der Waals surface area contributed by atoms with Gasteiger partial charge in [-0.3, -0.25) is 4.99 Å². The van der Waals surface area contributed by atoms with Gasteiger partial charge in [0, 0.05) is 0 Å². The van der Waals surface area contributed by atoms with Crippen molar-refractivity contribution in [1.29, 1.82) is 0 Å². The molecule has 0 radical (unpaired) electrons. The van der Waals surface area contributed by atoms with E-state index >= 15 is 0 Å². The molecule has 0 aromatic carbocycles. The fourth-order valence-electron chi connectivity index (χ4n) is 0.669. The summed E-state index contributed by atoms with van der Waals surface area (Å²) in [6.07, 6.45) is 1.80. The van der Waals surface area contributed by atoms with Crippen LogP contribution in [0.25, 0.3) is 0 Å². The van der Waals surface area contributed by atoms with Gasteiger partial charge in [0.2, 0.25) is 0 Å². The molecule has 1 aliphatic heterocycles. The first-order valence-corrected chi connectivity index (χ1v) is 3.04. The van der Waals surface area contributed by atoms with E-state index in [0.29, 0.717) is 11.1 Å².